The predicted octanol–water partition coefficient (Wildman–Crippen LogP) is 7.67. The lowest BCUT2D eigenvalue weighted by Gasteiger charge is -2.42. The number of aliphatic hydroxyl groups is 2. The highest BCUT2D eigenvalue weighted by Gasteiger charge is 2.46. The second-order valence-corrected chi connectivity index (χ2v) is 13.1. The number of allylic oxidation sites excluding steroid dienone is 4. The van der Waals surface area contributed by atoms with Gasteiger partial charge in [0.05, 0.1) is 18.3 Å². The summed E-state index contributed by atoms with van der Waals surface area (Å²) in [7, 11) is 0. The van der Waals surface area contributed by atoms with E-state index in [0.717, 1.165) is 62.5 Å². The largest absolute Gasteiger partial charge is 0.461 e. The van der Waals surface area contributed by atoms with Crippen LogP contribution in [0.5, 0.6) is 0 Å². The van der Waals surface area contributed by atoms with E-state index >= 15 is 0 Å². The van der Waals surface area contributed by atoms with Gasteiger partial charge < -0.3 is 19.7 Å². The van der Waals surface area contributed by atoms with Gasteiger partial charge in [-0.25, -0.2) is 4.79 Å². The molecular formula is C35H54O5. The molecule has 0 aromatic rings. The van der Waals surface area contributed by atoms with E-state index in [9.17, 15) is 15.0 Å². The zero-order chi connectivity index (χ0) is 28.5. The van der Waals surface area contributed by atoms with Crippen molar-refractivity contribution in [2.45, 2.75) is 147 Å². The molecule has 5 atom stereocenters. The van der Waals surface area contributed by atoms with Crippen LogP contribution in [0.1, 0.15) is 123 Å². The molecule has 0 unspecified atom stereocenters. The summed E-state index contributed by atoms with van der Waals surface area (Å²) < 4.78 is 12.1. The third-order valence-electron chi connectivity index (χ3n) is 10.1. The first-order valence-corrected chi connectivity index (χ1v) is 16.2. The van der Waals surface area contributed by atoms with Crippen LogP contribution in [0.2, 0.25) is 0 Å². The Bertz CT molecular complexity index is 949. The smallest absolute Gasteiger partial charge is 0.332 e. The number of hydrogen-bond acceptors (Lipinski definition) is 5. The molecule has 0 radical (unpaired) electrons. The van der Waals surface area contributed by atoms with Crippen molar-refractivity contribution in [3.8, 4) is 0 Å². The van der Waals surface area contributed by atoms with Gasteiger partial charge >= 0.3 is 5.97 Å². The Labute approximate surface area is 242 Å². The number of fused-ring (bicyclic) bond motifs is 1. The fourth-order valence-corrected chi connectivity index (χ4v) is 7.69. The van der Waals surface area contributed by atoms with E-state index in [1.807, 2.05) is 0 Å². The first-order valence-electron chi connectivity index (χ1n) is 16.2. The minimum atomic E-state index is -0.662. The van der Waals surface area contributed by atoms with E-state index in [1.165, 1.54) is 56.1 Å². The fraction of sp³-hybridized carbons (Fsp3) is 0.743. The van der Waals surface area contributed by atoms with Gasteiger partial charge in [-0.3, -0.25) is 0 Å². The average Bonchev–Trinajstić information content (AvgIpc) is 3.27. The van der Waals surface area contributed by atoms with Crippen molar-refractivity contribution < 1.29 is 24.5 Å². The van der Waals surface area contributed by atoms with Crippen molar-refractivity contribution in [1.82, 2.24) is 0 Å². The number of aliphatic hydroxyl groups excluding tert-OH is 2. The molecule has 40 heavy (non-hydrogen) atoms. The first kappa shape index (κ1) is 31.3. The molecule has 0 amide bonds. The number of carbonyl (C=O) groups is 1. The van der Waals surface area contributed by atoms with Crippen molar-refractivity contribution in [3.63, 3.8) is 0 Å². The molecule has 5 heteroatoms. The Kier molecular flexibility index (Phi) is 11.7. The maximum Gasteiger partial charge on any atom is 0.332 e. The van der Waals surface area contributed by atoms with Gasteiger partial charge in [0.25, 0.3) is 0 Å². The summed E-state index contributed by atoms with van der Waals surface area (Å²) in [5, 5.41) is 20.3. The molecule has 4 aliphatic rings. The third kappa shape index (κ3) is 8.20. The molecule has 0 spiro atoms. The van der Waals surface area contributed by atoms with Crippen LogP contribution in [0, 0.1) is 11.3 Å². The van der Waals surface area contributed by atoms with E-state index in [1.54, 1.807) is 0 Å². The molecule has 0 bridgehead atoms. The van der Waals surface area contributed by atoms with Crippen molar-refractivity contribution >= 4 is 5.97 Å². The Balaban J connectivity index is 1.31. The second kappa shape index (κ2) is 15.0. The van der Waals surface area contributed by atoms with Crippen molar-refractivity contribution in [2.24, 2.45) is 11.3 Å². The summed E-state index contributed by atoms with van der Waals surface area (Å²) in [5.41, 5.74) is 4.43. The minimum Gasteiger partial charge on any atom is -0.461 e. The van der Waals surface area contributed by atoms with E-state index in [4.69, 9.17) is 9.47 Å². The molecular weight excluding hydrogens is 500 g/mol. The number of carbonyl (C=O) groups excluding carboxylic acids is 1. The average molecular weight is 555 g/mol. The fourth-order valence-electron chi connectivity index (χ4n) is 7.69. The van der Waals surface area contributed by atoms with Gasteiger partial charge in [0, 0.05) is 6.42 Å². The van der Waals surface area contributed by atoms with Gasteiger partial charge in [-0.05, 0) is 92.8 Å². The normalized spacial score (nSPS) is 34.0. The molecule has 0 aromatic carbocycles. The third-order valence-corrected chi connectivity index (χ3v) is 10.1. The number of rotatable bonds is 6. The van der Waals surface area contributed by atoms with Gasteiger partial charge in [0.1, 0.15) is 12.7 Å². The monoisotopic (exact) mass is 554 g/mol. The SMILES string of the molecule is C=C1C(=CC=C2CCC[C@]3(C)C([C@H](C)OCC(=O)OC4CCCCCCCCCCC4)=CC[C@@H]23)C[C@@H](O)C[C@@H]1O. The van der Waals surface area contributed by atoms with E-state index in [2.05, 4.69) is 38.7 Å². The van der Waals surface area contributed by atoms with E-state index in [0.29, 0.717) is 18.8 Å². The van der Waals surface area contributed by atoms with Crippen molar-refractivity contribution in [2.75, 3.05) is 6.61 Å². The predicted molar refractivity (Wildman–Crippen MR) is 161 cm³/mol. The minimum absolute atomic E-state index is 0.0112. The molecule has 0 heterocycles. The van der Waals surface area contributed by atoms with Crippen LogP contribution in [0.3, 0.4) is 0 Å². The van der Waals surface area contributed by atoms with Crippen LogP contribution < -0.4 is 0 Å². The zero-order valence-electron chi connectivity index (χ0n) is 25.2. The van der Waals surface area contributed by atoms with Crippen molar-refractivity contribution in [3.05, 3.63) is 47.1 Å². The van der Waals surface area contributed by atoms with E-state index < -0.39 is 12.2 Å². The van der Waals surface area contributed by atoms with Crippen molar-refractivity contribution in [1.29, 1.82) is 0 Å². The molecule has 224 valence electrons. The molecule has 4 aliphatic carbocycles. The molecule has 2 N–H and O–H groups in total. The van der Waals surface area contributed by atoms with Gasteiger partial charge in [0.15, 0.2) is 0 Å². The molecule has 5 nitrogen and oxygen atoms in total. The van der Waals surface area contributed by atoms with Crippen LogP contribution in [0.15, 0.2) is 47.1 Å². The Morgan fingerprint density at radius 3 is 2.38 bits per heavy atom. The van der Waals surface area contributed by atoms with Crippen LogP contribution in [-0.4, -0.2) is 47.2 Å². The van der Waals surface area contributed by atoms with Gasteiger partial charge in [-0.1, -0.05) is 82.2 Å². The number of esters is 1. The van der Waals surface area contributed by atoms with Crippen LogP contribution >= 0.6 is 0 Å². The van der Waals surface area contributed by atoms with Gasteiger partial charge in [-0.15, -0.1) is 0 Å². The quantitative estimate of drug-likeness (QED) is 0.260. The topological polar surface area (TPSA) is 76.0 Å². The zero-order valence-corrected chi connectivity index (χ0v) is 25.2. The van der Waals surface area contributed by atoms with Crippen LogP contribution in [0.25, 0.3) is 0 Å². The Morgan fingerprint density at radius 1 is 1.05 bits per heavy atom. The highest BCUT2D eigenvalue weighted by atomic mass is 16.6. The Morgan fingerprint density at radius 2 is 1.70 bits per heavy atom. The lowest BCUT2D eigenvalue weighted by atomic mass is 9.63. The Hall–Kier alpha value is -1.69. The summed E-state index contributed by atoms with van der Waals surface area (Å²) in [5.74, 6) is 0.186. The lowest BCUT2D eigenvalue weighted by Crippen LogP contribution is -2.35. The standard InChI is InChI=1S/C35H54O5/c1-25-28(22-29(36)23-33(25)37)18-17-27-14-13-21-35(3)31(19-20-32(27)35)26(2)39-24-34(38)40-30-15-11-9-7-5-4-6-8-10-12-16-30/h17-19,26,29-30,32-33,36-37H,1,4-16,20-24H2,2-3H3/t26-,29+,32-,33-,35+/m0/s1. The molecule has 0 saturated heterocycles. The molecule has 4 rings (SSSR count). The maximum atomic E-state index is 12.8. The summed E-state index contributed by atoms with van der Waals surface area (Å²) in [6.45, 7) is 8.51. The summed E-state index contributed by atoms with van der Waals surface area (Å²) in [6, 6.07) is 0. The second-order valence-electron chi connectivity index (χ2n) is 13.1. The molecule has 3 saturated carbocycles. The van der Waals surface area contributed by atoms with E-state index in [-0.39, 0.29) is 30.2 Å². The summed E-state index contributed by atoms with van der Waals surface area (Å²) in [4.78, 5) is 12.8. The van der Waals surface area contributed by atoms with Crippen LogP contribution in [0.4, 0.5) is 0 Å². The number of ether oxygens (including phenoxy) is 2. The van der Waals surface area contributed by atoms with Gasteiger partial charge in [0.2, 0.25) is 0 Å². The lowest BCUT2D eigenvalue weighted by molar-refractivity contribution is -0.156. The summed E-state index contributed by atoms with van der Waals surface area (Å²) in [6.07, 6.45) is 23.9. The first-order chi connectivity index (χ1) is 19.3. The van der Waals surface area contributed by atoms with Crippen LogP contribution in [-0.2, 0) is 14.3 Å². The highest BCUT2D eigenvalue weighted by molar-refractivity contribution is 5.71. The molecule has 0 aromatic heterocycles. The van der Waals surface area contributed by atoms with Gasteiger partial charge in [-0.2, -0.15) is 0 Å². The summed E-state index contributed by atoms with van der Waals surface area (Å²) >= 11 is 0. The molecule has 0 aliphatic heterocycles. The highest BCUT2D eigenvalue weighted by Crippen LogP contribution is 2.55. The number of hydrogen-bond donors (Lipinski definition) is 2. The maximum absolute atomic E-state index is 12.8. The molecule has 3 fully saturated rings.